The number of carbonyl (C=O) groups is 1. The van der Waals surface area contributed by atoms with E-state index in [4.69, 9.17) is 9.47 Å². The van der Waals surface area contributed by atoms with Gasteiger partial charge in [0, 0.05) is 24.2 Å². The number of benzene rings is 2. The smallest absolute Gasteiger partial charge is 0.317 e. The molecule has 1 amide bonds. The van der Waals surface area contributed by atoms with E-state index in [2.05, 4.69) is 5.32 Å². The molecule has 0 bridgehead atoms. The largest absolute Gasteiger partial charge is 0.618 e. The Morgan fingerprint density at radius 2 is 1.79 bits per heavy atom. The standard InChI is InChI=1S/C22H21FN2O4/c1-2-28-20-8-3-4-9-21(20)29-15-17-13-16(10-11-18(17)23)14-24-22(26)19-7-5-6-12-25(19)27/h3-13H,2,14-15H2,1H3,(H,24,26). The number of carbonyl (C=O) groups excluding carboxylic acids is 1. The van der Waals surface area contributed by atoms with Crippen molar-refractivity contribution in [1.82, 2.24) is 5.32 Å². The molecule has 1 heterocycles. The van der Waals surface area contributed by atoms with Gasteiger partial charge in [0.1, 0.15) is 12.4 Å². The first kappa shape index (κ1) is 20.1. The molecule has 3 rings (SSSR count). The predicted molar refractivity (Wildman–Crippen MR) is 105 cm³/mol. The topological polar surface area (TPSA) is 74.5 Å². The second-order valence-corrected chi connectivity index (χ2v) is 6.19. The SMILES string of the molecule is CCOc1ccccc1OCc1cc(CNC(=O)c2cccc[n+]2[O-])ccc1F. The zero-order chi connectivity index (χ0) is 20.6. The van der Waals surface area contributed by atoms with Gasteiger partial charge >= 0.3 is 5.91 Å². The summed E-state index contributed by atoms with van der Waals surface area (Å²) in [6.45, 7) is 2.53. The Labute approximate surface area is 168 Å². The number of para-hydroxylation sites is 2. The molecule has 7 heteroatoms. The molecule has 150 valence electrons. The molecule has 0 aliphatic rings. The number of pyridine rings is 1. The van der Waals surface area contributed by atoms with E-state index in [9.17, 15) is 14.4 Å². The highest BCUT2D eigenvalue weighted by Gasteiger charge is 2.15. The molecule has 0 aliphatic heterocycles. The average Bonchev–Trinajstić information content (AvgIpc) is 2.73. The second kappa shape index (κ2) is 9.54. The van der Waals surface area contributed by atoms with Gasteiger partial charge in [0.25, 0.3) is 5.69 Å². The quantitative estimate of drug-likeness (QED) is 0.468. The fourth-order valence-electron chi connectivity index (χ4n) is 2.73. The zero-order valence-electron chi connectivity index (χ0n) is 15.9. The first-order valence-electron chi connectivity index (χ1n) is 9.16. The predicted octanol–water partition coefficient (Wildman–Crippen LogP) is 3.37. The summed E-state index contributed by atoms with van der Waals surface area (Å²) in [4.78, 5) is 12.2. The van der Waals surface area contributed by atoms with Gasteiger partial charge in [-0.2, -0.15) is 4.73 Å². The third-order valence-electron chi connectivity index (χ3n) is 4.15. The second-order valence-electron chi connectivity index (χ2n) is 6.19. The fraction of sp³-hybridized carbons (Fsp3) is 0.182. The lowest BCUT2D eigenvalue weighted by Gasteiger charge is -2.13. The van der Waals surface area contributed by atoms with Gasteiger partial charge in [0.2, 0.25) is 0 Å². The highest BCUT2D eigenvalue weighted by atomic mass is 19.1. The molecule has 0 fully saturated rings. The molecule has 0 radical (unpaired) electrons. The number of aromatic nitrogens is 1. The monoisotopic (exact) mass is 396 g/mol. The van der Waals surface area contributed by atoms with Gasteiger partial charge in [-0.3, -0.25) is 4.79 Å². The van der Waals surface area contributed by atoms with Crippen LogP contribution in [0.15, 0.2) is 66.9 Å². The Balaban J connectivity index is 1.66. The van der Waals surface area contributed by atoms with Crippen molar-refractivity contribution in [2.45, 2.75) is 20.1 Å². The van der Waals surface area contributed by atoms with Gasteiger partial charge in [0.15, 0.2) is 17.7 Å². The van der Waals surface area contributed by atoms with Crippen LogP contribution in [0.1, 0.15) is 28.5 Å². The van der Waals surface area contributed by atoms with E-state index in [-0.39, 0.29) is 18.8 Å². The number of hydrogen-bond acceptors (Lipinski definition) is 4. The summed E-state index contributed by atoms with van der Waals surface area (Å²) in [7, 11) is 0. The van der Waals surface area contributed by atoms with Crippen LogP contribution in [0.3, 0.4) is 0 Å². The normalized spacial score (nSPS) is 10.4. The Morgan fingerprint density at radius 1 is 1.07 bits per heavy atom. The minimum Gasteiger partial charge on any atom is -0.618 e. The molecule has 0 unspecified atom stereocenters. The van der Waals surface area contributed by atoms with Crippen molar-refractivity contribution in [2.75, 3.05) is 6.61 Å². The Kier molecular flexibility index (Phi) is 6.63. The molecule has 6 nitrogen and oxygen atoms in total. The van der Waals surface area contributed by atoms with Gasteiger partial charge in [-0.15, -0.1) is 0 Å². The van der Waals surface area contributed by atoms with Crippen LogP contribution in [0.2, 0.25) is 0 Å². The maximum atomic E-state index is 14.2. The van der Waals surface area contributed by atoms with Crippen LogP contribution < -0.4 is 19.5 Å². The van der Waals surface area contributed by atoms with Crippen LogP contribution in [-0.4, -0.2) is 12.5 Å². The van der Waals surface area contributed by atoms with Crippen LogP contribution in [0, 0.1) is 11.0 Å². The van der Waals surface area contributed by atoms with Gasteiger partial charge < -0.3 is 20.0 Å². The molecule has 29 heavy (non-hydrogen) atoms. The zero-order valence-corrected chi connectivity index (χ0v) is 15.9. The van der Waals surface area contributed by atoms with Crippen LogP contribution in [-0.2, 0) is 13.2 Å². The third-order valence-corrected chi connectivity index (χ3v) is 4.15. The molecule has 0 saturated heterocycles. The minimum absolute atomic E-state index is 0.00861. The van der Waals surface area contributed by atoms with Crippen molar-refractivity contribution in [2.24, 2.45) is 0 Å². The Bertz CT molecular complexity index is 994. The van der Waals surface area contributed by atoms with E-state index in [1.807, 2.05) is 19.1 Å². The van der Waals surface area contributed by atoms with Crippen LogP contribution in [0.25, 0.3) is 0 Å². The van der Waals surface area contributed by atoms with Crippen molar-refractivity contribution in [3.05, 3.63) is 94.7 Å². The minimum atomic E-state index is -0.506. The number of hydrogen-bond donors (Lipinski definition) is 1. The van der Waals surface area contributed by atoms with E-state index >= 15 is 0 Å². The molecule has 1 N–H and O–H groups in total. The first-order valence-corrected chi connectivity index (χ1v) is 9.16. The Hall–Kier alpha value is -3.61. The molecular formula is C22H21FN2O4. The summed E-state index contributed by atoms with van der Waals surface area (Å²) in [5.74, 6) is 0.201. The summed E-state index contributed by atoms with van der Waals surface area (Å²) < 4.78 is 25.9. The summed E-state index contributed by atoms with van der Waals surface area (Å²) in [6.07, 6.45) is 1.25. The number of halogens is 1. The number of nitrogens with one attached hydrogen (secondary N) is 1. The molecular weight excluding hydrogens is 375 g/mol. The number of amides is 1. The number of nitrogens with zero attached hydrogens (tertiary/aromatic N) is 1. The highest BCUT2D eigenvalue weighted by Crippen LogP contribution is 2.27. The lowest BCUT2D eigenvalue weighted by Crippen LogP contribution is -2.38. The van der Waals surface area contributed by atoms with Crippen LogP contribution >= 0.6 is 0 Å². The van der Waals surface area contributed by atoms with E-state index in [1.54, 1.807) is 36.4 Å². The number of rotatable bonds is 8. The van der Waals surface area contributed by atoms with E-state index < -0.39 is 11.7 Å². The van der Waals surface area contributed by atoms with E-state index in [0.717, 1.165) is 0 Å². The number of ether oxygens (including phenoxy) is 2. The first-order chi connectivity index (χ1) is 14.1. The molecule has 3 aromatic rings. The van der Waals surface area contributed by atoms with Crippen LogP contribution in [0.4, 0.5) is 4.39 Å². The fourth-order valence-corrected chi connectivity index (χ4v) is 2.73. The summed E-state index contributed by atoms with van der Waals surface area (Å²) in [6, 6.07) is 16.3. The van der Waals surface area contributed by atoms with Gasteiger partial charge in [-0.1, -0.05) is 18.2 Å². The van der Waals surface area contributed by atoms with Crippen molar-refractivity contribution >= 4 is 5.91 Å². The average molecular weight is 396 g/mol. The summed E-state index contributed by atoms with van der Waals surface area (Å²) in [5, 5.41) is 14.3. The molecule has 0 saturated carbocycles. The van der Waals surface area contributed by atoms with Crippen LogP contribution in [0.5, 0.6) is 11.5 Å². The molecule has 0 spiro atoms. The van der Waals surface area contributed by atoms with Crippen molar-refractivity contribution in [3.8, 4) is 11.5 Å². The lowest BCUT2D eigenvalue weighted by molar-refractivity contribution is -0.607. The Morgan fingerprint density at radius 3 is 2.52 bits per heavy atom. The van der Waals surface area contributed by atoms with Gasteiger partial charge in [-0.05, 0) is 42.8 Å². The van der Waals surface area contributed by atoms with Crippen molar-refractivity contribution in [3.63, 3.8) is 0 Å². The summed E-state index contributed by atoms with van der Waals surface area (Å²) >= 11 is 0. The summed E-state index contributed by atoms with van der Waals surface area (Å²) in [5.41, 5.74) is 1.03. The molecule has 1 aromatic heterocycles. The van der Waals surface area contributed by atoms with E-state index in [1.165, 1.54) is 18.3 Å². The van der Waals surface area contributed by atoms with E-state index in [0.29, 0.717) is 34.0 Å². The molecule has 2 aromatic carbocycles. The third kappa shape index (κ3) is 5.22. The van der Waals surface area contributed by atoms with Crippen molar-refractivity contribution < 1.29 is 23.4 Å². The van der Waals surface area contributed by atoms with Gasteiger partial charge in [0.05, 0.1) is 6.61 Å². The maximum absolute atomic E-state index is 14.2. The molecule has 0 aliphatic carbocycles. The maximum Gasteiger partial charge on any atom is 0.317 e. The highest BCUT2D eigenvalue weighted by molar-refractivity contribution is 5.90. The van der Waals surface area contributed by atoms with Gasteiger partial charge in [-0.25, -0.2) is 4.39 Å². The van der Waals surface area contributed by atoms with Crippen molar-refractivity contribution in [1.29, 1.82) is 0 Å². The lowest BCUT2D eigenvalue weighted by atomic mass is 10.1. The molecule has 0 atom stereocenters.